The monoisotopic (exact) mass is 150 g/mol. The molecule has 0 aliphatic heterocycles. The SMILES string of the molecule is CCOC(C)c1ccccc1. The van der Waals surface area contributed by atoms with Gasteiger partial charge in [0.05, 0.1) is 6.10 Å². The maximum Gasteiger partial charge on any atom is 0.0796 e. The highest BCUT2D eigenvalue weighted by atomic mass is 16.5. The lowest BCUT2D eigenvalue weighted by Crippen LogP contribution is -1.98. The van der Waals surface area contributed by atoms with Crippen molar-refractivity contribution >= 4 is 0 Å². The van der Waals surface area contributed by atoms with Crippen molar-refractivity contribution in [3.05, 3.63) is 35.9 Å². The first-order valence-corrected chi connectivity index (χ1v) is 4.01. The summed E-state index contributed by atoms with van der Waals surface area (Å²) in [6.07, 6.45) is 0.223. The molecule has 1 heteroatoms. The van der Waals surface area contributed by atoms with Crippen molar-refractivity contribution in [1.82, 2.24) is 0 Å². The summed E-state index contributed by atoms with van der Waals surface area (Å²) in [5, 5.41) is 0. The highest BCUT2D eigenvalue weighted by Gasteiger charge is 2.01. The first-order valence-electron chi connectivity index (χ1n) is 4.01. The molecular weight excluding hydrogens is 136 g/mol. The topological polar surface area (TPSA) is 9.23 Å². The third-order valence-electron chi connectivity index (χ3n) is 1.69. The molecule has 0 amide bonds. The standard InChI is InChI=1S/C10H14O/c1-3-11-9(2)10-7-5-4-6-8-10/h4-9H,3H2,1-2H3. The van der Waals surface area contributed by atoms with Gasteiger partial charge in [-0.2, -0.15) is 0 Å². The molecule has 1 rings (SSSR count). The van der Waals surface area contributed by atoms with Crippen molar-refractivity contribution in [2.45, 2.75) is 20.0 Å². The van der Waals surface area contributed by atoms with Gasteiger partial charge >= 0.3 is 0 Å². The fourth-order valence-corrected chi connectivity index (χ4v) is 1.07. The highest BCUT2D eigenvalue weighted by molar-refractivity contribution is 5.16. The van der Waals surface area contributed by atoms with E-state index in [0.29, 0.717) is 0 Å². The Morgan fingerprint density at radius 3 is 2.45 bits per heavy atom. The molecule has 0 fully saturated rings. The minimum absolute atomic E-state index is 0.223. The summed E-state index contributed by atoms with van der Waals surface area (Å²) < 4.78 is 5.43. The largest absolute Gasteiger partial charge is 0.374 e. The minimum Gasteiger partial charge on any atom is -0.374 e. The van der Waals surface area contributed by atoms with Crippen molar-refractivity contribution < 1.29 is 4.74 Å². The summed E-state index contributed by atoms with van der Waals surface area (Å²) in [4.78, 5) is 0. The third-order valence-corrected chi connectivity index (χ3v) is 1.69. The lowest BCUT2D eigenvalue weighted by molar-refractivity contribution is 0.0764. The number of benzene rings is 1. The molecular formula is C10H14O. The summed E-state index contributed by atoms with van der Waals surface area (Å²) in [5.41, 5.74) is 1.24. The Morgan fingerprint density at radius 2 is 1.91 bits per heavy atom. The molecule has 11 heavy (non-hydrogen) atoms. The zero-order valence-electron chi connectivity index (χ0n) is 7.08. The van der Waals surface area contributed by atoms with E-state index in [1.165, 1.54) is 5.56 Å². The second-order valence-corrected chi connectivity index (χ2v) is 2.51. The Morgan fingerprint density at radius 1 is 1.27 bits per heavy atom. The molecule has 0 aliphatic rings. The van der Waals surface area contributed by atoms with Crippen LogP contribution in [0.3, 0.4) is 0 Å². The molecule has 1 atom stereocenters. The van der Waals surface area contributed by atoms with E-state index in [4.69, 9.17) is 4.74 Å². The van der Waals surface area contributed by atoms with Crippen molar-refractivity contribution in [1.29, 1.82) is 0 Å². The predicted molar refractivity (Wildman–Crippen MR) is 46.5 cm³/mol. The van der Waals surface area contributed by atoms with E-state index in [9.17, 15) is 0 Å². The van der Waals surface area contributed by atoms with Gasteiger partial charge in [0.25, 0.3) is 0 Å². The summed E-state index contributed by atoms with van der Waals surface area (Å²) in [7, 11) is 0. The maximum atomic E-state index is 5.43. The van der Waals surface area contributed by atoms with Crippen molar-refractivity contribution in [2.24, 2.45) is 0 Å². The average molecular weight is 150 g/mol. The van der Waals surface area contributed by atoms with Crippen molar-refractivity contribution in [3.8, 4) is 0 Å². The molecule has 0 aromatic heterocycles. The van der Waals surface area contributed by atoms with Gasteiger partial charge in [0, 0.05) is 6.61 Å². The van der Waals surface area contributed by atoms with Gasteiger partial charge in [0.15, 0.2) is 0 Å². The van der Waals surface area contributed by atoms with Gasteiger partial charge in [-0.3, -0.25) is 0 Å². The quantitative estimate of drug-likeness (QED) is 0.643. The van der Waals surface area contributed by atoms with E-state index in [2.05, 4.69) is 19.1 Å². The molecule has 60 valence electrons. The molecule has 0 saturated carbocycles. The Bertz CT molecular complexity index is 193. The Labute approximate surface area is 68.0 Å². The summed E-state index contributed by atoms with van der Waals surface area (Å²) in [5.74, 6) is 0. The van der Waals surface area contributed by atoms with Crippen LogP contribution in [0.4, 0.5) is 0 Å². The minimum atomic E-state index is 0.223. The molecule has 0 bridgehead atoms. The first-order chi connectivity index (χ1) is 5.34. The molecule has 0 aliphatic carbocycles. The van der Waals surface area contributed by atoms with E-state index in [-0.39, 0.29) is 6.10 Å². The van der Waals surface area contributed by atoms with Crippen LogP contribution in [0.1, 0.15) is 25.5 Å². The van der Waals surface area contributed by atoms with Crippen LogP contribution in [0.25, 0.3) is 0 Å². The van der Waals surface area contributed by atoms with Crippen LogP contribution in [-0.2, 0) is 4.74 Å². The van der Waals surface area contributed by atoms with E-state index >= 15 is 0 Å². The summed E-state index contributed by atoms with van der Waals surface area (Å²) in [6, 6.07) is 10.2. The fraction of sp³-hybridized carbons (Fsp3) is 0.400. The first kappa shape index (κ1) is 8.28. The van der Waals surface area contributed by atoms with Gasteiger partial charge < -0.3 is 4.74 Å². The molecule has 0 heterocycles. The van der Waals surface area contributed by atoms with Crippen LogP contribution >= 0.6 is 0 Å². The number of hydrogen-bond acceptors (Lipinski definition) is 1. The molecule has 1 unspecified atom stereocenters. The van der Waals surface area contributed by atoms with Gasteiger partial charge in [-0.25, -0.2) is 0 Å². The second-order valence-electron chi connectivity index (χ2n) is 2.51. The molecule has 0 N–H and O–H groups in total. The Kier molecular flexibility index (Phi) is 3.12. The van der Waals surface area contributed by atoms with Gasteiger partial charge in [-0.05, 0) is 19.4 Å². The van der Waals surface area contributed by atoms with Gasteiger partial charge in [0.2, 0.25) is 0 Å². The lowest BCUT2D eigenvalue weighted by atomic mass is 10.1. The average Bonchev–Trinajstić information content (AvgIpc) is 2.07. The van der Waals surface area contributed by atoms with Gasteiger partial charge in [0.1, 0.15) is 0 Å². The van der Waals surface area contributed by atoms with Crippen LogP contribution < -0.4 is 0 Å². The number of hydrogen-bond donors (Lipinski definition) is 0. The van der Waals surface area contributed by atoms with E-state index < -0.39 is 0 Å². The fourth-order valence-electron chi connectivity index (χ4n) is 1.07. The summed E-state index contributed by atoms with van der Waals surface area (Å²) in [6.45, 7) is 4.86. The van der Waals surface area contributed by atoms with Crippen molar-refractivity contribution in [3.63, 3.8) is 0 Å². The van der Waals surface area contributed by atoms with Crippen LogP contribution in [-0.4, -0.2) is 6.61 Å². The molecule has 1 aromatic rings. The molecule has 1 nitrogen and oxygen atoms in total. The number of ether oxygens (including phenoxy) is 1. The third kappa shape index (κ3) is 2.35. The van der Waals surface area contributed by atoms with E-state index in [1.54, 1.807) is 0 Å². The summed E-state index contributed by atoms with van der Waals surface area (Å²) >= 11 is 0. The maximum absolute atomic E-state index is 5.43. The molecule has 1 aromatic carbocycles. The van der Waals surface area contributed by atoms with Crippen LogP contribution in [0, 0.1) is 0 Å². The predicted octanol–water partition coefficient (Wildman–Crippen LogP) is 2.78. The molecule has 0 saturated heterocycles. The van der Waals surface area contributed by atoms with Crippen LogP contribution in [0.5, 0.6) is 0 Å². The highest BCUT2D eigenvalue weighted by Crippen LogP contribution is 2.14. The molecule has 0 radical (unpaired) electrons. The van der Waals surface area contributed by atoms with Gasteiger partial charge in [-0.1, -0.05) is 30.3 Å². The Hall–Kier alpha value is -0.820. The lowest BCUT2D eigenvalue weighted by Gasteiger charge is -2.10. The van der Waals surface area contributed by atoms with Crippen LogP contribution in [0.15, 0.2) is 30.3 Å². The smallest absolute Gasteiger partial charge is 0.0796 e. The normalized spacial score (nSPS) is 12.9. The van der Waals surface area contributed by atoms with Crippen molar-refractivity contribution in [2.75, 3.05) is 6.61 Å². The number of rotatable bonds is 3. The van der Waals surface area contributed by atoms with Crippen LogP contribution in [0.2, 0.25) is 0 Å². The molecule has 0 spiro atoms. The van der Waals surface area contributed by atoms with Gasteiger partial charge in [-0.15, -0.1) is 0 Å². The zero-order chi connectivity index (χ0) is 8.10. The van der Waals surface area contributed by atoms with E-state index in [0.717, 1.165) is 6.61 Å². The zero-order valence-corrected chi connectivity index (χ0v) is 7.08. The van der Waals surface area contributed by atoms with E-state index in [1.807, 2.05) is 25.1 Å². The Balaban J connectivity index is 2.61. The second kappa shape index (κ2) is 4.14.